The van der Waals surface area contributed by atoms with Crippen LogP contribution in [0.15, 0.2) is 18.2 Å². The maximum Gasteiger partial charge on any atom is 0.305 e. The average molecular weight is 330 g/mol. The van der Waals surface area contributed by atoms with Crippen LogP contribution in [0, 0.1) is 15.9 Å². The Morgan fingerprint density at radius 2 is 1.87 bits per heavy atom. The molecule has 0 saturated carbocycles. The van der Waals surface area contributed by atoms with Crippen molar-refractivity contribution >= 4 is 5.69 Å². The fourth-order valence-corrected chi connectivity index (χ4v) is 2.12. The summed E-state index contributed by atoms with van der Waals surface area (Å²) in [5.41, 5.74) is -0.297. The lowest BCUT2D eigenvalue weighted by Crippen LogP contribution is -2.32. The number of benzene rings is 1. The van der Waals surface area contributed by atoms with E-state index in [9.17, 15) is 19.6 Å². The second-order valence-electron chi connectivity index (χ2n) is 5.10. The van der Waals surface area contributed by atoms with Crippen molar-refractivity contribution in [3.63, 3.8) is 0 Å². The molecule has 1 aromatic carbocycles. The molecule has 130 valence electrons. The fraction of sp³-hybridized carbons (Fsp3) is 0.600. The summed E-state index contributed by atoms with van der Waals surface area (Å²) in [6.07, 6.45) is -0.530. The molecular weight excluding hydrogens is 307 g/mol. The number of aliphatic hydroxyl groups is 1. The molecule has 0 aliphatic heterocycles. The fourth-order valence-electron chi connectivity index (χ4n) is 2.12. The largest absolute Gasteiger partial charge is 0.388 e. The van der Waals surface area contributed by atoms with Crippen molar-refractivity contribution in [3.8, 4) is 0 Å². The standard InChI is InChI=1S/C15H23FN2O5/c1-22-9-7-17(8-10-23-2)6-5-15(19)12-3-4-13(16)14(11-12)18(20)21/h3-4,11,15,19H,5-10H2,1-2H3. The molecule has 0 fully saturated rings. The predicted octanol–water partition coefficient (Wildman–Crippen LogP) is 1.75. The van der Waals surface area contributed by atoms with Crippen LogP contribution >= 0.6 is 0 Å². The van der Waals surface area contributed by atoms with Gasteiger partial charge in [-0.3, -0.25) is 15.0 Å². The zero-order chi connectivity index (χ0) is 17.2. The zero-order valence-corrected chi connectivity index (χ0v) is 13.4. The summed E-state index contributed by atoms with van der Waals surface area (Å²) < 4.78 is 23.4. The van der Waals surface area contributed by atoms with Gasteiger partial charge in [0.2, 0.25) is 5.82 Å². The van der Waals surface area contributed by atoms with E-state index in [1.54, 1.807) is 14.2 Å². The number of nitrogens with zero attached hydrogens (tertiary/aromatic N) is 2. The van der Waals surface area contributed by atoms with Gasteiger partial charge in [0, 0.05) is 39.9 Å². The summed E-state index contributed by atoms with van der Waals surface area (Å²) in [6.45, 7) is 3.06. The van der Waals surface area contributed by atoms with Gasteiger partial charge in [-0.05, 0) is 18.1 Å². The van der Waals surface area contributed by atoms with E-state index in [4.69, 9.17) is 9.47 Å². The lowest BCUT2D eigenvalue weighted by molar-refractivity contribution is -0.387. The van der Waals surface area contributed by atoms with Gasteiger partial charge in [-0.2, -0.15) is 4.39 Å². The van der Waals surface area contributed by atoms with E-state index in [-0.39, 0.29) is 0 Å². The number of nitro groups is 1. The number of aliphatic hydroxyl groups excluding tert-OH is 1. The van der Waals surface area contributed by atoms with Gasteiger partial charge in [-0.25, -0.2) is 0 Å². The monoisotopic (exact) mass is 330 g/mol. The summed E-state index contributed by atoms with van der Waals surface area (Å²) >= 11 is 0. The van der Waals surface area contributed by atoms with E-state index >= 15 is 0 Å². The Bertz CT molecular complexity index is 493. The molecule has 0 spiro atoms. The average Bonchev–Trinajstić information content (AvgIpc) is 2.54. The molecule has 0 amide bonds. The lowest BCUT2D eigenvalue weighted by Gasteiger charge is -2.23. The van der Waals surface area contributed by atoms with Gasteiger partial charge in [0.25, 0.3) is 0 Å². The van der Waals surface area contributed by atoms with Gasteiger partial charge in [0.15, 0.2) is 0 Å². The highest BCUT2D eigenvalue weighted by atomic mass is 19.1. The maximum absolute atomic E-state index is 13.3. The Kier molecular flexibility index (Phi) is 8.64. The maximum atomic E-state index is 13.3. The number of nitro benzene ring substituents is 1. The summed E-state index contributed by atoms with van der Waals surface area (Å²) in [5.74, 6) is -0.909. The van der Waals surface area contributed by atoms with Crippen molar-refractivity contribution in [1.29, 1.82) is 0 Å². The molecule has 1 rings (SSSR count). The molecular formula is C15H23FN2O5. The minimum Gasteiger partial charge on any atom is -0.388 e. The van der Waals surface area contributed by atoms with E-state index in [1.807, 2.05) is 0 Å². The van der Waals surface area contributed by atoms with Crippen LogP contribution in [0.1, 0.15) is 18.1 Å². The molecule has 1 atom stereocenters. The van der Waals surface area contributed by atoms with Crippen LogP contribution in [0.5, 0.6) is 0 Å². The molecule has 1 unspecified atom stereocenters. The van der Waals surface area contributed by atoms with Crippen LogP contribution in [-0.4, -0.2) is 62.0 Å². The summed E-state index contributed by atoms with van der Waals surface area (Å²) in [6, 6.07) is 3.45. The summed E-state index contributed by atoms with van der Waals surface area (Å²) in [4.78, 5) is 12.0. The molecule has 1 aromatic rings. The summed E-state index contributed by atoms with van der Waals surface area (Å²) in [5, 5.41) is 20.9. The number of rotatable bonds is 11. The highest BCUT2D eigenvalue weighted by Gasteiger charge is 2.18. The lowest BCUT2D eigenvalue weighted by atomic mass is 10.1. The van der Waals surface area contributed by atoms with Crippen molar-refractivity contribution < 1.29 is 23.9 Å². The van der Waals surface area contributed by atoms with Crippen molar-refractivity contribution in [2.45, 2.75) is 12.5 Å². The van der Waals surface area contributed by atoms with Crippen LogP contribution in [-0.2, 0) is 9.47 Å². The molecule has 1 N–H and O–H groups in total. The highest BCUT2D eigenvalue weighted by molar-refractivity contribution is 5.37. The minimum atomic E-state index is -0.909. The Morgan fingerprint density at radius 1 is 1.26 bits per heavy atom. The van der Waals surface area contributed by atoms with Crippen LogP contribution in [0.3, 0.4) is 0 Å². The zero-order valence-electron chi connectivity index (χ0n) is 13.4. The normalized spacial score (nSPS) is 12.6. The number of hydrogen-bond donors (Lipinski definition) is 1. The third kappa shape index (κ3) is 6.57. The second kappa shape index (κ2) is 10.2. The Hall–Kier alpha value is -1.61. The molecule has 7 nitrogen and oxygen atoms in total. The van der Waals surface area contributed by atoms with Crippen molar-refractivity contribution in [2.75, 3.05) is 47.1 Å². The van der Waals surface area contributed by atoms with Crippen LogP contribution in [0.25, 0.3) is 0 Å². The van der Waals surface area contributed by atoms with Gasteiger partial charge < -0.3 is 14.6 Å². The number of hydrogen-bond acceptors (Lipinski definition) is 6. The van der Waals surface area contributed by atoms with Gasteiger partial charge in [-0.1, -0.05) is 6.07 Å². The quantitative estimate of drug-likeness (QED) is 0.491. The first-order chi connectivity index (χ1) is 11.0. The van der Waals surface area contributed by atoms with E-state index in [0.717, 1.165) is 12.1 Å². The first-order valence-corrected chi connectivity index (χ1v) is 7.31. The Balaban J connectivity index is 2.64. The van der Waals surface area contributed by atoms with Crippen molar-refractivity contribution in [1.82, 2.24) is 4.90 Å². The molecule has 0 aromatic heterocycles. The first-order valence-electron chi connectivity index (χ1n) is 7.31. The van der Waals surface area contributed by atoms with Crippen molar-refractivity contribution in [3.05, 3.63) is 39.7 Å². The molecule has 0 heterocycles. The molecule has 0 radical (unpaired) electrons. The Labute approximate surface area is 134 Å². The van der Waals surface area contributed by atoms with Gasteiger partial charge in [-0.15, -0.1) is 0 Å². The third-order valence-electron chi connectivity index (χ3n) is 3.49. The van der Waals surface area contributed by atoms with Crippen molar-refractivity contribution in [2.24, 2.45) is 0 Å². The number of halogens is 1. The minimum absolute atomic E-state index is 0.330. The van der Waals surface area contributed by atoms with Gasteiger partial charge in [0.1, 0.15) is 0 Å². The Morgan fingerprint density at radius 3 is 2.39 bits per heavy atom. The summed E-state index contributed by atoms with van der Waals surface area (Å²) in [7, 11) is 3.22. The molecule has 0 saturated heterocycles. The third-order valence-corrected chi connectivity index (χ3v) is 3.49. The van der Waals surface area contributed by atoms with Crippen LogP contribution in [0.2, 0.25) is 0 Å². The molecule has 0 aliphatic rings. The number of ether oxygens (including phenoxy) is 2. The van der Waals surface area contributed by atoms with E-state index in [0.29, 0.717) is 44.8 Å². The highest BCUT2D eigenvalue weighted by Crippen LogP contribution is 2.24. The van der Waals surface area contributed by atoms with Crippen LogP contribution < -0.4 is 0 Å². The molecule has 8 heteroatoms. The van der Waals surface area contributed by atoms with E-state index in [1.165, 1.54) is 6.07 Å². The van der Waals surface area contributed by atoms with Gasteiger partial charge in [0.05, 0.1) is 24.2 Å². The smallest absolute Gasteiger partial charge is 0.305 e. The second-order valence-corrected chi connectivity index (χ2v) is 5.10. The first kappa shape index (κ1) is 19.4. The topological polar surface area (TPSA) is 85.1 Å². The molecule has 0 aliphatic carbocycles. The predicted molar refractivity (Wildman–Crippen MR) is 82.8 cm³/mol. The van der Waals surface area contributed by atoms with E-state index in [2.05, 4.69) is 4.90 Å². The molecule has 0 bridgehead atoms. The van der Waals surface area contributed by atoms with E-state index < -0.39 is 22.5 Å². The van der Waals surface area contributed by atoms with Gasteiger partial charge >= 0.3 is 5.69 Å². The SMILES string of the molecule is COCCN(CCOC)CCC(O)c1ccc(F)c([N+](=O)[O-])c1. The van der Waals surface area contributed by atoms with Crippen LogP contribution in [0.4, 0.5) is 10.1 Å². The molecule has 23 heavy (non-hydrogen) atoms. The number of methoxy groups -OCH3 is 2.